The highest BCUT2D eigenvalue weighted by molar-refractivity contribution is 7.61. The van der Waals surface area contributed by atoms with Crippen LogP contribution in [0.4, 0.5) is 5.82 Å². The molecule has 1 aromatic heterocycles. The number of anilines is 1. The van der Waals surface area contributed by atoms with Crippen molar-refractivity contribution in [3.05, 3.63) is 191 Å². The number of hydrogen-bond donors (Lipinski definition) is 1. The lowest BCUT2D eigenvalue weighted by atomic mass is 9.86. The second-order valence-electron chi connectivity index (χ2n) is 16.5. The van der Waals surface area contributed by atoms with Crippen LogP contribution in [0.15, 0.2) is 158 Å². The van der Waals surface area contributed by atoms with E-state index in [9.17, 15) is 0 Å². The fourth-order valence-electron chi connectivity index (χ4n) is 9.59. The monoisotopic (exact) mass is 813 g/mol. The Morgan fingerprint density at radius 3 is 1.25 bits per heavy atom. The molecule has 9 aromatic rings. The fraction of sp³-hybridized carbons (Fsp3) is 0.109. The first-order chi connectivity index (χ1) is 29.5. The quantitative estimate of drug-likeness (QED) is 0.170. The molecule has 0 aliphatic carbocycles. The van der Waals surface area contributed by atoms with Gasteiger partial charge in [-0.15, -0.1) is 0 Å². The third kappa shape index (κ3) is 6.90. The normalized spacial score (nSPS) is 12.9. The Hall–Kier alpha value is -6.78. The van der Waals surface area contributed by atoms with Crippen molar-refractivity contribution >= 4 is 35.5 Å². The summed E-state index contributed by atoms with van der Waals surface area (Å²) in [5.74, 6) is 1.48. The van der Waals surface area contributed by atoms with Gasteiger partial charge in [0, 0.05) is 28.3 Å². The number of pyridine rings is 1. The summed E-state index contributed by atoms with van der Waals surface area (Å²) < 4.78 is 13.9. The molecule has 0 atom stereocenters. The van der Waals surface area contributed by atoms with Crippen LogP contribution in [0, 0.1) is 41.5 Å². The van der Waals surface area contributed by atoms with Gasteiger partial charge < -0.3 is 4.89 Å². The molecule has 6 heteroatoms. The molecule has 8 aromatic carbocycles. The van der Waals surface area contributed by atoms with Crippen LogP contribution in [-0.2, 0) is 0 Å². The lowest BCUT2D eigenvalue weighted by Gasteiger charge is -2.23. The van der Waals surface area contributed by atoms with E-state index in [4.69, 9.17) is 9.05 Å². The van der Waals surface area contributed by atoms with Crippen LogP contribution in [0.25, 0.3) is 77.2 Å². The van der Waals surface area contributed by atoms with E-state index in [0.717, 1.165) is 66.1 Å². The number of aryl methyl sites for hydroxylation is 6. The van der Waals surface area contributed by atoms with Gasteiger partial charge in [-0.05, 0) is 137 Å². The molecule has 5 nitrogen and oxygen atoms in total. The minimum atomic E-state index is -4.23. The van der Waals surface area contributed by atoms with Crippen LogP contribution >= 0.6 is 8.09 Å². The number of rotatable bonds is 6. The van der Waals surface area contributed by atoms with Crippen LogP contribution in [0.3, 0.4) is 0 Å². The van der Waals surface area contributed by atoms with Crippen molar-refractivity contribution in [1.29, 1.82) is 0 Å². The van der Waals surface area contributed by atoms with Gasteiger partial charge in [-0.1, -0.05) is 144 Å². The Kier molecular flexibility index (Phi) is 9.48. The van der Waals surface area contributed by atoms with Crippen LogP contribution in [0.2, 0.25) is 0 Å². The van der Waals surface area contributed by atoms with E-state index in [-0.39, 0.29) is 0 Å². The molecule has 0 spiro atoms. The number of aromatic amines is 1. The molecule has 298 valence electrons. The minimum absolute atomic E-state index is 0.489. The van der Waals surface area contributed by atoms with E-state index in [2.05, 4.69) is 173 Å². The van der Waals surface area contributed by atoms with Crippen molar-refractivity contribution in [2.75, 3.05) is 5.09 Å². The predicted molar refractivity (Wildman–Crippen MR) is 252 cm³/mol. The van der Waals surface area contributed by atoms with Crippen molar-refractivity contribution in [2.45, 2.75) is 41.5 Å². The van der Waals surface area contributed by atoms with Crippen molar-refractivity contribution in [1.82, 2.24) is 0 Å². The van der Waals surface area contributed by atoms with Gasteiger partial charge in [-0.2, -0.15) is 0 Å². The summed E-state index contributed by atoms with van der Waals surface area (Å²) in [6, 6.07) is 52.8. The van der Waals surface area contributed by atoms with Gasteiger partial charge in [-0.25, -0.2) is 4.98 Å². The lowest BCUT2D eigenvalue weighted by molar-refractivity contribution is -0.360. The number of benzene rings is 8. The molecule has 0 fully saturated rings. The van der Waals surface area contributed by atoms with Crippen LogP contribution in [-0.4, -0.2) is 0 Å². The Morgan fingerprint density at radius 1 is 0.443 bits per heavy atom. The van der Waals surface area contributed by atoms with Gasteiger partial charge in [0.1, 0.15) is 0 Å². The third-order valence-electron chi connectivity index (χ3n) is 12.0. The zero-order chi connectivity index (χ0) is 42.0. The highest BCUT2D eigenvalue weighted by atomic mass is 31.2. The molecule has 1 aliphatic heterocycles. The molecule has 0 unspecified atom stereocenters. The highest BCUT2D eigenvalue weighted by Gasteiger charge is 2.47. The van der Waals surface area contributed by atoms with Gasteiger partial charge in [-0.3, -0.25) is 9.05 Å². The summed E-state index contributed by atoms with van der Waals surface area (Å²) in [4.78, 5) is 18.9. The largest absolute Gasteiger partial charge is 0.581 e. The average molecular weight is 814 g/mol. The smallest absolute Gasteiger partial charge is 0.504 e. The maximum Gasteiger partial charge on any atom is 0.504 e. The molecular weight excluding hydrogens is 768 g/mol. The Morgan fingerprint density at radius 2 is 0.836 bits per heavy atom. The summed E-state index contributed by atoms with van der Waals surface area (Å²) >= 11 is 0. The SMILES string of the molecule is Cc1cc(C)c(-c2ccc(-c3cc4ccccc4c4c3O[P+]([O-])(Nc3cccc[nH+]3)Oc3c(-c5ccc(-c6c(C)cc(C)cc6C)cc5)cc5ccccc5c3-4)cc2)c(C)c1. The number of H-pyrrole nitrogens is 1. The van der Waals surface area contributed by atoms with E-state index in [0.29, 0.717) is 17.3 Å². The van der Waals surface area contributed by atoms with E-state index in [1.165, 1.54) is 44.5 Å². The molecule has 0 radical (unpaired) electrons. The van der Waals surface area contributed by atoms with Gasteiger partial charge >= 0.3 is 13.9 Å². The topological polar surface area (TPSA) is 67.7 Å². The fourth-order valence-corrected chi connectivity index (χ4v) is 11.0. The standard InChI is InChI=1S/C55H45N2O3P/c1-33-27-35(3)50(36(4)28-33)41-22-18-39(19-23-41)47-31-43-13-7-9-15-45(43)52-53-46-16-10-8-14-44(46)32-48(40-20-24-42(25-21-40)51-37(5)29-34(2)30-38(51)6)55(53)60-61(58,59-54(47)52)57-49-17-11-12-26-56-49/h7-32H,1-6H3,(H,56,57,58)/p+1. The second kappa shape index (κ2) is 15.0. The van der Waals surface area contributed by atoms with Gasteiger partial charge in [0.25, 0.3) is 0 Å². The Bertz CT molecular complexity index is 2940. The van der Waals surface area contributed by atoms with Gasteiger partial charge in [0.05, 0.1) is 6.20 Å². The van der Waals surface area contributed by atoms with E-state index < -0.39 is 8.09 Å². The highest BCUT2D eigenvalue weighted by Crippen LogP contribution is 2.64. The molecule has 2 N–H and O–H groups in total. The van der Waals surface area contributed by atoms with Crippen LogP contribution in [0.5, 0.6) is 11.5 Å². The number of hydrogen-bond acceptors (Lipinski definition) is 4. The third-order valence-corrected chi connectivity index (χ3v) is 13.3. The summed E-state index contributed by atoms with van der Waals surface area (Å²) in [6.45, 7) is 13.0. The zero-order valence-electron chi connectivity index (χ0n) is 35.2. The first-order valence-electron chi connectivity index (χ1n) is 20.8. The van der Waals surface area contributed by atoms with Crippen molar-refractivity contribution < 1.29 is 18.9 Å². The summed E-state index contributed by atoms with van der Waals surface area (Å²) in [6.07, 6.45) is 1.78. The predicted octanol–water partition coefficient (Wildman–Crippen LogP) is 13.9. The first-order valence-corrected chi connectivity index (χ1v) is 22.3. The molecule has 0 saturated heterocycles. The molecular formula is C55H46N2O3P+. The maximum absolute atomic E-state index is 15.7. The molecule has 2 heterocycles. The van der Waals surface area contributed by atoms with Crippen molar-refractivity contribution in [3.8, 4) is 67.1 Å². The van der Waals surface area contributed by atoms with E-state index >= 15 is 4.89 Å². The summed E-state index contributed by atoms with van der Waals surface area (Å²) in [5, 5.41) is 7.18. The van der Waals surface area contributed by atoms with Crippen LogP contribution < -0.4 is 24.0 Å². The zero-order valence-corrected chi connectivity index (χ0v) is 36.1. The molecule has 0 saturated carbocycles. The summed E-state index contributed by atoms with van der Waals surface area (Å²) in [5.41, 5.74) is 17.4. The van der Waals surface area contributed by atoms with Crippen LogP contribution in [0.1, 0.15) is 33.4 Å². The van der Waals surface area contributed by atoms with Gasteiger partial charge in [0.2, 0.25) is 0 Å². The molecule has 61 heavy (non-hydrogen) atoms. The molecule has 0 amide bonds. The summed E-state index contributed by atoms with van der Waals surface area (Å²) in [7, 11) is -4.23. The Balaban J connectivity index is 1.24. The lowest BCUT2D eigenvalue weighted by Crippen LogP contribution is -2.29. The number of aromatic nitrogens is 1. The number of fused-ring (bicyclic) bond motifs is 7. The van der Waals surface area contributed by atoms with Gasteiger partial charge in [0.15, 0.2) is 11.5 Å². The molecule has 10 rings (SSSR count). The minimum Gasteiger partial charge on any atom is -0.581 e. The Labute approximate surface area is 358 Å². The van der Waals surface area contributed by atoms with E-state index in [1.807, 2.05) is 30.3 Å². The maximum atomic E-state index is 15.7. The first kappa shape index (κ1) is 38.4. The molecule has 0 bridgehead atoms. The second-order valence-corrected chi connectivity index (χ2v) is 18.1. The van der Waals surface area contributed by atoms with E-state index in [1.54, 1.807) is 6.20 Å². The van der Waals surface area contributed by atoms with Crippen molar-refractivity contribution in [2.24, 2.45) is 0 Å². The average Bonchev–Trinajstić information content (AvgIpc) is 3.37. The molecule has 1 aliphatic rings. The van der Waals surface area contributed by atoms with Crippen molar-refractivity contribution in [3.63, 3.8) is 0 Å². The number of nitrogens with one attached hydrogen (secondary N) is 2.